The molecule has 0 fully saturated rings. The van der Waals surface area contributed by atoms with Gasteiger partial charge in [0, 0.05) is 27.4 Å². The van der Waals surface area contributed by atoms with E-state index >= 15 is 0 Å². The van der Waals surface area contributed by atoms with E-state index in [0.717, 1.165) is 40.4 Å². The molecular formula is C31H29BrN4O3. The van der Waals surface area contributed by atoms with E-state index in [1.165, 1.54) is 0 Å². The average molecular weight is 586 g/mol. The Balaban J connectivity index is 1.59. The van der Waals surface area contributed by atoms with E-state index in [1.807, 2.05) is 66.1 Å². The van der Waals surface area contributed by atoms with E-state index < -0.39 is 5.91 Å². The fourth-order valence-electron chi connectivity index (χ4n) is 4.71. The summed E-state index contributed by atoms with van der Waals surface area (Å²) < 4.78 is 8.18. The summed E-state index contributed by atoms with van der Waals surface area (Å²) in [6.45, 7) is 4.74. The van der Waals surface area contributed by atoms with E-state index in [4.69, 9.17) is 9.72 Å². The third-order valence-electron chi connectivity index (χ3n) is 6.78. The van der Waals surface area contributed by atoms with Crippen LogP contribution in [0.4, 0.5) is 5.69 Å². The van der Waals surface area contributed by atoms with Gasteiger partial charge in [-0.3, -0.25) is 4.79 Å². The molecule has 0 spiro atoms. The van der Waals surface area contributed by atoms with Crippen LogP contribution in [0.2, 0.25) is 0 Å². The van der Waals surface area contributed by atoms with Gasteiger partial charge in [-0.25, -0.2) is 4.98 Å². The van der Waals surface area contributed by atoms with Crippen molar-refractivity contribution in [3.63, 3.8) is 0 Å². The molecule has 3 aromatic carbocycles. The van der Waals surface area contributed by atoms with Gasteiger partial charge in [0.1, 0.15) is 5.75 Å². The lowest BCUT2D eigenvalue weighted by molar-refractivity contribution is 0.0996. The summed E-state index contributed by atoms with van der Waals surface area (Å²) in [4.78, 5) is 18.4. The Hall–Kier alpha value is -4.04. The largest absolute Gasteiger partial charge is 0.497 e. The number of methoxy groups -OCH3 is 1. The van der Waals surface area contributed by atoms with Crippen molar-refractivity contribution >= 4 is 49.3 Å². The van der Waals surface area contributed by atoms with Gasteiger partial charge in [0.25, 0.3) is 5.91 Å². The zero-order valence-corrected chi connectivity index (χ0v) is 23.7. The predicted octanol–water partition coefficient (Wildman–Crippen LogP) is 8.76. The zero-order valence-electron chi connectivity index (χ0n) is 22.1. The second kappa shape index (κ2) is 11.4. The molecule has 0 unspecified atom stereocenters. The summed E-state index contributed by atoms with van der Waals surface area (Å²) in [6.07, 6.45) is 3.02. The monoisotopic (exact) mass is 584 g/mol. The molecule has 0 atom stereocenters. The number of carbonyl (C=O) groups excluding carboxylic acids is 1. The highest BCUT2D eigenvalue weighted by molar-refractivity contribution is 9.10. The Morgan fingerprint density at radius 1 is 1.03 bits per heavy atom. The molecule has 0 aliphatic carbocycles. The summed E-state index contributed by atoms with van der Waals surface area (Å²) in [6, 6.07) is 20.9. The van der Waals surface area contributed by atoms with Crippen LogP contribution < -0.4 is 4.74 Å². The molecule has 5 rings (SSSR count). The van der Waals surface area contributed by atoms with Gasteiger partial charge in [-0.05, 0) is 61.9 Å². The van der Waals surface area contributed by atoms with Crippen LogP contribution in [-0.2, 0) is 6.54 Å². The molecule has 8 heteroatoms. The maximum Gasteiger partial charge on any atom is 0.296 e. The molecule has 0 saturated carbocycles. The molecule has 0 radical (unpaired) electrons. The molecule has 2 heterocycles. The maximum atomic E-state index is 13.6. The number of azo groups is 1. The Morgan fingerprint density at radius 3 is 2.56 bits per heavy atom. The summed E-state index contributed by atoms with van der Waals surface area (Å²) in [5, 5.41) is 20.9. The smallest absolute Gasteiger partial charge is 0.296 e. The topological polar surface area (TPSA) is 89.1 Å². The molecule has 5 aromatic rings. The third-order valence-corrected chi connectivity index (χ3v) is 7.31. The third kappa shape index (κ3) is 5.43. The molecule has 39 heavy (non-hydrogen) atoms. The number of rotatable bonds is 8. The van der Waals surface area contributed by atoms with E-state index in [9.17, 15) is 9.90 Å². The maximum absolute atomic E-state index is 13.6. The fraction of sp³-hybridized carbons (Fsp3) is 0.226. The molecule has 2 aromatic heterocycles. The van der Waals surface area contributed by atoms with Crippen LogP contribution in [0.3, 0.4) is 0 Å². The number of fused-ring (bicyclic) bond motifs is 2. The minimum Gasteiger partial charge on any atom is -0.497 e. The fourth-order valence-corrected chi connectivity index (χ4v) is 4.97. The molecule has 0 bridgehead atoms. The second-order valence-corrected chi connectivity index (χ2v) is 10.4. The number of halogens is 1. The van der Waals surface area contributed by atoms with Crippen molar-refractivity contribution in [2.45, 2.75) is 39.7 Å². The van der Waals surface area contributed by atoms with Gasteiger partial charge in [-0.2, -0.15) is 0 Å². The summed E-state index contributed by atoms with van der Waals surface area (Å²) in [5.74, 6) is 0.100. The number of aromatic hydroxyl groups is 1. The van der Waals surface area contributed by atoms with Crippen LogP contribution in [-0.4, -0.2) is 27.7 Å². The number of benzene rings is 3. The number of hydrogen-bond donors (Lipinski definition) is 1. The van der Waals surface area contributed by atoms with Gasteiger partial charge < -0.3 is 14.4 Å². The van der Waals surface area contributed by atoms with Crippen molar-refractivity contribution in [1.82, 2.24) is 9.55 Å². The van der Waals surface area contributed by atoms with Gasteiger partial charge in [-0.15, -0.1) is 10.2 Å². The molecule has 1 N–H and O–H groups in total. The van der Waals surface area contributed by atoms with Crippen LogP contribution in [0, 0.1) is 6.92 Å². The SMILES string of the molecule is CCCCCn1c(O)c(N=NC(=O)c2cc(-c3ccc(Br)cc3)nc3ccc(C)cc23)c2cc(OC)ccc21. The second-order valence-electron chi connectivity index (χ2n) is 9.50. The number of amides is 1. The van der Waals surface area contributed by atoms with Gasteiger partial charge in [0.2, 0.25) is 5.88 Å². The lowest BCUT2D eigenvalue weighted by Crippen LogP contribution is -1.99. The quantitative estimate of drug-likeness (QED) is 0.146. The number of ether oxygens (including phenoxy) is 1. The number of aryl methyl sites for hydroxylation is 2. The normalized spacial score (nSPS) is 11.6. The summed E-state index contributed by atoms with van der Waals surface area (Å²) in [5.41, 5.74) is 4.70. The molecule has 198 valence electrons. The van der Waals surface area contributed by atoms with E-state index in [-0.39, 0.29) is 11.6 Å². The van der Waals surface area contributed by atoms with Crippen LogP contribution >= 0.6 is 15.9 Å². The van der Waals surface area contributed by atoms with Crippen LogP contribution in [0.15, 0.2) is 81.4 Å². The highest BCUT2D eigenvalue weighted by Gasteiger charge is 2.19. The number of carbonyl (C=O) groups is 1. The van der Waals surface area contributed by atoms with Crippen LogP contribution in [0.25, 0.3) is 33.1 Å². The van der Waals surface area contributed by atoms with Gasteiger partial charge in [0.05, 0.1) is 29.4 Å². The highest BCUT2D eigenvalue weighted by atomic mass is 79.9. The summed E-state index contributed by atoms with van der Waals surface area (Å²) >= 11 is 3.47. The van der Waals surface area contributed by atoms with Crippen molar-refractivity contribution in [2.75, 3.05) is 7.11 Å². The lowest BCUT2D eigenvalue weighted by Gasteiger charge is -2.08. The molecule has 1 amide bonds. The van der Waals surface area contributed by atoms with Crippen LogP contribution in [0.5, 0.6) is 11.6 Å². The Bertz CT molecular complexity index is 1710. The number of pyridine rings is 1. The van der Waals surface area contributed by atoms with Gasteiger partial charge in [0.15, 0.2) is 5.69 Å². The predicted molar refractivity (Wildman–Crippen MR) is 158 cm³/mol. The molecule has 0 aliphatic heterocycles. The Labute approximate surface area is 235 Å². The van der Waals surface area contributed by atoms with Crippen molar-refractivity contribution in [3.8, 4) is 22.9 Å². The first-order valence-electron chi connectivity index (χ1n) is 12.9. The van der Waals surface area contributed by atoms with Crippen molar-refractivity contribution in [2.24, 2.45) is 10.2 Å². The molecular weight excluding hydrogens is 556 g/mol. The van der Waals surface area contributed by atoms with Gasteiger partial charge in [-0.1, -0.05) is 59.5 Å². The minimum absolute atomic E-state index is 0.0168. The minimum atomic E-state index is -0.513. The van der Waals surface area contributed by atoms with E-state index in [1.54, 1.807) is 19.2 Å². The molecule has 0 aliphatic rings. The number of aromatic nitrogens is 2. The van der Waals surface area contributed by atoms with Crippen molar-refractivity contribution < 1.29 is 14.6 Å². The first kappa shape index (κ1) is 26.6. The number of nitrogens with zero attached hydrogens (tertiary/aromatic N) is 4. The lowest BCUT2D eigenvalue weighted by atomic mass is 10.0. The Kier molecular flexibility index (Phi) is 7.74. The Morgan fingerprint density at radius 2 is 1.82 bits per heavy atom. The summed E-state index contributed by atoms with van der Waals surface area (Å²) in [7, 11) is 1.59. The number of hydrogen-bond acceptors (Lipinski definition) is 5. The van der Waals surface area contributed by atoms with Gasteiger partial charge >= 0.3 is 0 Å². The van der Waals surface area contributed by atoms with E-state index in [2.05, 4.69) is 33.1 Å². The molecule has 0 saturated heterocycles. The number of unbranched alkanes of at least 4 members (excludes halogenated alkanes) is 2. The van der Waals surface area contributed by atoms with Crippen molar-refractivity contribution in [3.05, 3.63) is 82.3 Å². The highest BCUT2D eigenvalue weighted by Crippen LogP contribution is 2.41. The first-order chi connectivity index (χ1) is 18.9. The molecule has 7 nitrogen and oxygen atoms in total. The van der Waals surface area contributed by atoms with Crippen LogP contribution in [0.1, 0.15) is 42.1 Å². The van der Waals surface area contributed by atoms with E-state index in [0.29, 0.717) is 39.8 Å². The van der Waals surface area contributed by atoms with Crippen molar-refractivity contribution in [1.29, 1.82) is 0 Å². The first-order valence-corrected chi connectivity index (χ1v) is 13.7. The zero-order chi connectivity index (χ0) is 27.5. The average Bonchev–Trinajstić information content (AvgIpc) is 3.21. The standard InChI is InChI=1S/C31H29BrN4O3/c1-4-5-6-15-36-28-14-12-22(39-3)17-25(28)29(31(36)38)34-35-30(37)24-18-27(20-8-10-21(32)11-9-20)33-26-13-7-19(2)16-23(24)26/h7-14,16-18,38H,4-6,15H2,1-3H3.